The van der Waals surface area contributed by atoms with Crippen LogP contribution in [0.2, 0.25) is 0 Å². The van der Waals surface area contributed by atoms with Crippen molar-refractivity contribution in [2.24, 2.45) is 0 Å². The molecule has 0 saturated heterocycles. The summed E-state index contributed by atoms with van der Waals surface area (Å²) in [5.74, 6) is 1.20. The summed E-state index contributed by atoms with van der Waals surface area (Å²) in [6, 6.07) is 3.63. The maximum atomic E-state index is 8.91. The molecule has 2 aromatic rings. The van der Waals surface area contributed by atoms with Crippen molar-refractivity contribution in [1.29, 1.82) is 5.26 Å². The van der Waals surface area contributed by atoms with E-state index >= 15 is 0 Å². The van der Waals surface area contributed by atoms with E-state index in [1.807, 2.05) is 19.2 Å². The predicted molar refractivity (Wildman–Crippen MR) is 75.8 cm³/mol. The van der Waals surface area contributed by atoms with Gasteiger partial charge in [-0.1, -0.05) is 18.7 Å². The number of ether oxygens (including phenoxy) is 1. The lowest BCUT2D eigenvalue weighted by atomic mass is 10.4. The van der Waals surface area contributed by atoms with Crippen LogP contribution in [0.15, 0.2) is 17.4 Å². The number of nitrogens with two attached hydrogens (primary N) is 1. The monoisotopic (exact) mass is 290 g/mol. The molecule has 0 aliphatic heterocycles. The molecule has 2 N–H and O–H groups in total. The quantitative estimate of drug-likeness (QED) is 0.659. The minimum absolute atomic E-state index is 0.250. The Kier molecular flexibility index (Phi) is 4.42. The van der Waals surface area contributed by atoms with Crippen molar-refractivity contribution in [2.45, 2.75) is 18.5 Å². The number of nitrogen functional groups attached to an aromatic ring is 1. The molecule has 2 aromatic heterocycles. The largest absolute Gasteiger partial charge is 0.478 e. The van der Waals surface area contributed by atoms with Crippen LogP contribution in [0.5, 0.6) is 5.88 Å². The van der Waals surface area contributed by atoms with Crippen molar-refractivity contribution in [3.05, 3.63) is 17.8 Å². The van der Waals surface area contributed by atoms with Crippen LogP contribution >= 0.6 is 11.8 Å². The summed E-state index contributed by atoms with van der Waals surface area (Å²) in [5.41, 5.74) is 6.17. The molecule has 7 nitrogen and oxygen atoms in total. The molecule has 0 aliphatic carbocycles. The van der Waals surface area contributed by atoms with Gasteiger partial charge in [-0.25, -0.2) is 4.98 Å². The summed E-state index contributed by atoms with van der Waals surface area (Å²) in [5, 5.41) is 13.5. The fourth-order valence-electron chi connectivity index (χ4n) is 1.50. The third kappa shape index (κ3) is 2.83. The van der Waals surface area contributed by atoms with Crippen molar-refractivity contribution in [2.75, 3.05) is 18.6 Å². The number of hydrogen-bond donors (Lipinski definition) is 1. The average Bonchev–Trinajstić information content (AvgIpc) is 2.85. The Morgan fingerprint density at radius 1 is 1.50 bits per heavy atom. The van der Waals surface area contributed by atoms with Crippen LogP contribution in [-0.4, -0.2) is 32.6 Å². The van der Waals surface area contributed by atoms with Gasteiger partial charge in [0.15, 0.2) is 11.0 Å². The lowest BCUT2D eigenvalue weighted by Crippen LogP contribution is -2.07. The zero-order chi connectivity index (χ0) is 14.5. The first kappa shape index (κ1) is 14.1. The van der Waals surface area contributed by atoms with Crippen LogP contribution in [0.3, 0.4) is 0 Å². The highest BCUT2D eigenvalue weighted by Gasteiger charge is 2.12. The van der Waals surface area contributed by atoms with Crippen molar-refractivity contribution in [3.63, 3.8) is 0 Å². The number of rotatable bonds is 5. The first-order valence-corrected chi connectivity index (χ1v) is 7.22. The number of nitriles is 1. The lowest BCUT2D eigenvalue weighted by Gasteiger charge is -2.08. The molecular formula is C12H14N6OS. The van der Waals surface area contributed by atoms with Gasteiger partial charge >= 0.3 is 0 Å². The van der Waals surface area contributed by atoms with Crippen LogP contribution in [0, 0.1) is 11.3 Å². The van der Waals surface area contributed by atoms with Gasteiger partial charge in [-0.3, -0.25) is 0 Å². The molecule has 2 rings (SSSR count). The van der Waals surface area contributed by atoms with E-state index in [1.165, 1.54) is 22.6 Å². The molecule has 0 atom stereocenters. The van der Waals surface area contributed by atoms with Crippen LogP contribution in [-0.2, 0) is 0 Å². The summed E-state index contributed by atoms with van der Waals surface area (Å²) in [7, 11) is 0. The second-order valence-electron chi connectivity index (χ2n) is 3.87. The van der Waals surface area contributed by atoms with E-state index in [-0.39, 0.29) is 5.82 Å². The van der Waals surface area contributed by atoms with E-state index in [1.54, 1.807) is 6.07 Å². The molecule has 20 heavy (non-hydrogen) atoms. The average molecular weight is 290 g/mol. The van der Waals surface area contributed by atoms with E-state index in [4.69, 9.17) is 15.7 Å². The zero-order valence-corrected chi connectivity index (χ0v) is 12.0. The van der Waals surface area contributed by atoms with Crippen LogP contribution < -0.4 is 10.5 Å². The van der Waals surface area contributed by atoms with Gasteiger partial charge in [0.2, 0.25) is 5.88 Å². The van der Waals surface area contributed by atoms with Crippen LogP contribution in [0.1, 0.15) is 18.9 Å². The van der Waals surface area contributed by atoms with Gasteiger partial charge in [-0.15, -0.1) is 0 Å². The topological polar surface area (TPSA) is 103 Å². The first-order chi connectivity index (χ1) is 9.69. The number of anilines is 1. The molecule has 0 aliphatic rings. The van der Waals surface area contributed by atoms with Gasteiger partial charge in [-0.2, -0.15) is 20.0 Å². The van der Waals surface area contributed by atoms with Gasteiger partial charge in [0, 0.05) is 6.07 Å². The maximum absolute atomic E-state index is 8.91. The minimum Gasteiger partial charge on any atom is -0.478 e. The van der Waals surface area contributed by atoms with Gasteiger partial charge in [-0.05, 0) is 12.7 Å². The Morgan fingerprint density at radius 2 is 2.30 bits per heavy atom. The summed E-state index contributed by atoms with van der Waals surface area (Å²) < 4.78 is 6.92. The standard InChI is InChI=1S/C12H14N6OS/c1-3-4-19-10-5-9(16-12(17-10)20-2)18-11(14)8(6-13)7-15-18/h5,7H,3-4,14H2,1-2H3. The fraction of sp³-hybridized carbons (Fsp3) is 0.333. The first-order valence-electron chi connectivity index (χ1n) is 5.99. The lowest BCUT2D eigenvalue weighted by molar-refractivity contribution is 0.301. The molecule has 0 saturated carbocycles. The SMILES string of the molecule is CCCOc1cc(-n2ncc(C#N)c2N)nc(SC)n1. The molecule has 0 amide bonds. The van der Waals surface area contributed by atoms with E-state index < -0.39 is 0 Å². The Labute approximate surface area is 120 Å². The highest BCUT2D eigenvalue weighted by Crippen LogP contribution is 2.21. The molecule has 0 aromatic carbocycles. The minimum atomic E-state index is 0.250. The number of nitrogens with zero attached hydrogens (tertiary/aromatic N) is 5. The fourth-order valence-corrected chi connectivity index (χ4v) is 1.87. The van der Waals surface area contributed by atoms with Gasteiger partial charge in [0.25, 0.3) is 0 Å². The molecule has 0 bridgehead atoms. The van der Waals surface area contributed by atoms with Gasteiger partial charge in [0.05, 0.1) is 12.8 Å². The number of thioether (sulfide) groups is 1. The van der Waals surface area contributed by atoms with Gasteiger partial charge < -0.3 is 10.5 Å². The van der Waals surface area contributed by atoms with Gasteiger partial charge in [0.1, 0.15) is 17.5 Å². The Balaban J connectivity index is 2.44. The molecular weight excluding hydrogens is 276 g/mol. The van der Waals surface area contributed by atoms with Crippen molar-refractivity contribution < 1.29 is 4.74 Å². The van der Waals surface area contributed by atoms with Crippen molar-refractivity contribution in [3.8, 4) is 17.8 Å². The van der Waals surface area contributed by atoms with E-state index in [0.717, 1.165) is 6.42 Å². The number of aromatic nitrogens is 4. The summed E-state index contributed by atoms with van der Waals surface area (Å²) in [6.07, 6.45) is 4.16. The zero-order valence-electron chi connectivity index (χ0n) is 11.2. The van der Waals surface area contributed by atoms with Crippen LogP contribution in [0.4, 0.5) is 5.82 Å². The predicted octanol–water partition coefficient (Wildman–Crippen LogP) is 1.63. The normalized spacial score (nSPS) is 10.2. The smallest absolute Gasteiger partial charge is 0.219 e. The molecule has 0 radical (unpaired) electrons. The molecule has 104 valence electrons. The second kappa shape index (κ2) is 6.25. The van der Waals surface area contributed by atoms with E-state index in [0.29, 0.717) is 29.0 Å². The molecule has 2 heterocycles. The molecule has 0 unspecified atom stereocenters. The van der Waals surface area contributed by atoms with E-state index in [2.05, 4.69) is 15.1 Å². The highest BCUT2D eigenvalue weighted by atomic mass is 32.2. The molecule has 8 heteroatoms. The third-order valence-corrected chi connectivity index (χ3v) is 3.00. The summed E-state index contributed by atoms with van der Waals surface area (Å²) in [4.78, 5) is 8.58. The Bertz CT molecular complexity index is 648. The van der Waals surface area contributed by atoms with Crippen LogP contribution in [0.25, 0.3) is 5.82 Å². The molecule has 0 spiro atoms. The Morgan fingerprint density at radius 3 is 2.90 bits per heavy atom. The maximum Gasteiger partial charge on any atom is 0.219 e. The van der Waals surface area contributed by atoms with Crippen molar-refractivity contribution in [1.82, 2.24) is 19.7 Å². The second-order valence-corrected chi connectivity index (χ2v) is 4.64. The molecule has 0 fully saturated rings. The van der Waals surface area contributed by atoms with E-state index in [9.17, 15) is 0 Å². The Hall–Kier alpha value is -2.27. The third-order valence-electron chi connectivity index (χ3n) is 2.45. The highest BCUT2D eigenvalue weighted by molar-refractivity contribution is 7.98. The van der Waals surface area contributed by atoms with Crippen molar-refractivity contribution >= 4 is 17.6 Å². The number of hydrogen-bond acceptors (Lipinski definition) is 7. The summed E-state index contributed by atoms with van der Waals surface area (Å²) in [6.45, 7) is 2.59. The summed E-state index contributed by atoms with van der Waals surface area (Å²) >= 11 is 1.39.